The fourth-order valence-corrected chi connectivity index (χ4v) is 1.43. The molecule has 1 saturated heterocycles. The van der Waals surface area contributed by atoms with E-state index in [0.29, 0.717) is 19.1 Å². The quantitative estimate of drug-likeness (QED) is 0.697. The van der Waals surface area contributed by atoms with E-state index in [1.54, 1.807) is 0 Å². The SMILES string of the molecule is CS(=S)CNC(=O)C1(C)COC1. The maximum Gasteiger partial charge on any atom is 0.231 e. The smallest absolute Gasteiger partial charge is 0.231 e. The molecule has 1 rings (SSSR count). The van der Waals surface area contributed by atoms with Crippen molar-refractivity contribution < 1.29 is 9.53 Å². The Hall–Kier alpha value is -0.0000000000000000763. The zero-order valence-electron chi connectivity index (χ0n) is 7.25. The largest absolute Gasteiger partial charge is 0.379 e. The van der Waals surface area contributed by atoms with E-state index in [0.717, 1.165) is 0 Å². The lowest BCUT2D eigenvalue weighted by Gasteiger charge is -2.36. The van der Waals surface area contributed by atoms with Crippen LogP contribution in [0.3, 0.4) is 0 Å². The number of rotatable bonds is 3. The van der Waals surface area contributed by atoms with Gasteiger partial charge in [0.15, 0.2) is 0 Å². The third-order valence-corrected chi connectivity index (χ3v) is 2.73. The second-order valence-corrected chi connectivity index (χ2v) is 6.42. The van der Waals surface area contributed by atoms with Crippen LogP contribution in [0.2, 0.25) is 0 Å². The Kier molecular flexibility index (Phi) is 3.20. The van der Waals surface area contributed by atoms with Gasteiger partial charge in [-0.1, -0.05) is 11.2 Å². The highest BCUT2D eigenvalue weighted by atomic mass is 32.8. The van der Waals surface area contributed by atoms with E-state index in [9.17, 15) is 4.79 Å². The van der Waals surface area contributed by atoms with Gasteiger partial charge in [0, 0.05) is 0 Å². The van der Waals surface area contributed by atoms with Crippen molar-refractivity contribution in [3.8, 4) is 0 Å². The van der Waals surface area contributed by atoms with E-state index < -0.39 is 0 Å². The van der Waals surface area contributed by atoms with Crippen molar-refractivity contribution >= 4 is 26.5 Å². The van der Waals surface area contributed by atoms with E-state index in [-0.39, 0.29) is 20.8 Å². The highest BCUT2D eigenvalue weighted by Crippen LogP contribution is 2.26. The number of carbonyl (C=O) groups excluding carboxylic acids is 1. The molecule has 1 fully saturated rings. The van der Waals surface area contributed by atoms with Crippen molar-refractivity contribution in [3.63, 3.8) is 0 Å². The summed E-state index contributed by atoms with van der Waals surface area (Å²) in [7, 11) is -0.138. The van der Waals surface area contributed by atoms with Crippen molar-refractivity contribution in [1.29, 1.82) is 0 Å². The van der Waals surface area contributed by atoms with Gasteiger partial charge in [-0.25, -0.2) is 0 Å². The fraction of sp³-hybridized carbons (Fsp3) is 0.857. The van der Waals surface area contributed by atoms with Crippen LogP contribution in [0, 0.1) is 5.41 Å². The molecule has 1 amide bonds. The Morgan fingerprint density at radius 2 is 2.33 bits per heavy atom. The van der Waals surface area contributed by atoms with Gasteiger partial charge < -0.3 is 10.1 Å². The number of nitrogens with one attached hydrogen (secondary N) is 1. The van der Waals surface area contributed by atoms with Gasteiger partial charge in [0.2, 0.25) is 5.91 Å². The molecule has 0 radical (unpaired) electrons. The minimum atomic E-state index is -0.297. The maximum atomic E-state index is 11.4. The van der Waals surface area contributed by atoms with Crippen LogP contribution in [0.1, 0.15) is 6.92 Å². The molecule has 0 saturated carbocycles. The van der Waals surface area contributed by atoms with Crippen LogP contribution < -0.4 is 5.32 Å². The van der Waals surface area contributed by atoms with Crippen LogP contribution in [0.25, 0.3) is 0 Å². The van der Waals surface area contributed by atoms with Crippen molar-refractivity contribution in [3.05, 3.63) is 0 Å². The summed E-state index contributed by atoms with van der Waals surface area (Å²) in [4.78, 5) is 11.4. The Labute approximate surface area is 79.4 Å². The molecular weight excluding hydrogens is 194 g/mol. The van der Waals surface area contributed by atoms with E-state index in [2.05, 4.69) is 5.32 Å². The molecule has 0 aromatic heterocycles. The molecule has 0 bridgehead atoms. The van der Waals surface area contributed by atoms with E-state index in [4.69, 9.17) is 15.9 Å². The Morgan fingerprint density at radius 1 is 1.75 bits per heavy atom. The van der Waals surface area contributed by atoms with Gasteiger partial charge in [-0.3, -0.25) is 4.79 Å². The van der Waals surface area contributed by atoms with Gasteiger partial charge in [-0.2, -0.15) is 0 Å². The second kappa shape index (κ2) is 3.81. The Balaban J connectivity index is 2.33. The first-order valence-electron chi connectivity index (χ1n) is 3.71. The van der Waals surface area contributed by atoms with Crippen molar-refractivity contribution in [2.45, 2.75) is 6.92 Å². The Morgan fingerprint density at radius 3 is 2.67 bits per heavy atom. The van der Waals surface area contributed by atoms with E-state index >= 15 is 0 Å². The molecule has 0 spiro atoms. The lowest BCUT2D eigenvalue weighted by molar-refractivity contribution is -0.157. The van der Waals surface area contributed by atoms with Gasteiger partial charge >= 0.3 is 0 Å². The molecule has 12 heavy (non-hydrogen) atoms. The summed E-state index contributed by atoms with van der Waals surface area (Å²) < 4.78 is 4.98. The van der Waals surface area contributed by atoms with E-state index in [1.165, 1.54) is 0 Å². The van der Waals surface area contributed by atoms with Crippen LogP contribution in [-0.4, -0.2) is 31.3 Å². The summed E-state index contributed by atoms with van der Waals surface area (Å²) in [6.45, 7) is 2.98. The standard InChI is InChI=1S/C7H13NO2S2/c1-7(3-10-4-7)6(9)8-5-12(2)11/h3-5H2,1-2H3,(H,8,9). The maximum absolute atomic E-state index is 11.4. The molecule has 1 unspecified atom stereocenters. The first kappa shape index (κ1) is 10.1. The predicted octanol–water partition coefficient (Wildman–Crippen LogP) is -0.193. The molecule has 1 aliphatic rings. The number of hydrogen-bond donors (Lipinski definition) is 1. The predicted molar refractivity (Wildman–Crippen MR) is 52.6 cm³/mol. The first-order valence-corrected chi connectivity index (χ1v) is 6.43. The summed E-state index contributed by atoms with van der Waals surface area (Å²) in [5.74, 6) is 0.668. The van der Waals surface area contributed by atoms with Crippen molar-refractivity contribution in [2.75, 3.05) is 25.3 Å². The molecule has 1 heterocycles. The molecular formula is C7H13NO2S2. The van der Waals surface area contributed by atoms with Crippen LogP contribution in [0.4, 0.5) is 0 Å². The van der Waals surface area contributed by atoms with Gasteiger partial charge in [0.05, 0.1) is 24.5 Å². The van der Waals surface area contributed by atoms with Gasteiger partial charge in [0.1, 0.15) is 0 Å². The summed E-state index contributed by atoms with van der Waals surface area (Å²) in [6.07, 6.45) is 1.93. The lowest BCUT2D eigenvalue weighted by Crippen LogP contribution is -2.52. The highest BCUT2D eigenvalue weighted by molar-refractivity contribution is 8.28. The topological polar surface area (TPSA) is 38.3 Å². The van der Waals surface area contributed by atoms with Gasteiger partial charge in [0.25, 0.3) is 0 Å². The summed E-state index contributed by atoms with van der Waals surface area (Å²) in [6, 6.07) is 0. The number of hydrogen-bond acceptors (Lipinski definition) is 3. The number of ether oxygens (including phenoxy) is 1. The average Bonchev–Trinajstić information content (AvgIpc) is 1.95. The molecule has 3 nitrogen and oxygen atoms in total. The van der Waals surface area contributed by atoms with Crippen LogP contribution in [0.15, 0.2) is 0 Å². The molecule has 1 aliphatic heterocycles. The lowest BCUT2D eigenvalue weighted by atomic mass is 9.88. The molecule has 70 valence electrons. The minimum absolute atomic E-state index is 0.0675. The van der Waals surface area contributed by atoms with E-state index in [1.807, 2.05) is 13.2 Å². The Bertz CT molecular complexity index is 213. The zero-order valence-corrected chi connectivity index (χ0v) is 8.89. The molecule has 0 aromatic carbocycles. The molecule has 1 atom stereocenters. The van der Waals surface area contributed by atoms with Gasteiger partial charge in [-0.15, -0.1) is 9.45 Å². The molecule has 0 aliphatic carbocycles. The fourth-order valence-electron chi connectivity index (χ4n) is 0.920. The average molecular weight is 207 g/mol. The molecule has 5 heteroatoms. The molecule has 0 aromatic rings. The van der Waals surface area contributed by atoms with Crippen LogP contribution >= 0.6 is 0 Å². The van der Waals surface area contributed by atoms with Crippen molar-refractivity contribution in [1.82, 2.24) is 5.32 Å². The minimum Gasteiger partial charge on any atom is -0.379 e. The third-order valence-electron chi connectivity index (χ3n) is 1.83. The second-order valence-electron chi connectivity index (χ2n) is 3.28. The number of carbonyl (C=O) groups is 1. The van der Waals surface area contributed by atoms with Gasteiger partial charge in [-0.05, 0) is 13.2 Å². The summed E-state index contributed by atoms with van der Waals surface area (Å²) >= 11 is 4.96. The van der Waals surface area contributed by atoms with Crippen LogP contribution in [-0.2, 0) is 30.2 Å². The summed E-state index contributed by atoms with van der Waals surface area (Å²) in [5, 5.41) is 2.81. The monoisotopic (exact) mass is 207 g/mol. The summed E-state index contributed by atoms with van der Waals surface area (Å²) in [5.41, 5.74) is -0.297. The first-order chi connectivity index (χ1) is 5.54. The third kappa shape index (κ3) is 2.24. The normalized spacial score (nSPS) is 22.5. The number of amides is 1. The van der Waals surface area contributed by atoms with Crippen LogP contribution in [0.5, 0.6) is 0 Å². The molecule has 1 N–H and O–H groups in total. The zero-order chi connectivity index (χ0) is 9.19. The highest BCUT2D eigenvalue weighted by Gasteiger charge is 2.40. The van der Waals surface area contributed by atoms with Crippen molar-refractivity contribution in [2.24, 2.45) is 5.41 Å².